The highest BCUT2D eigenvalue weighted by molar-refractivity contribution is 6.11. The Labute approximate surface area is 140 Å². The fourth-order valence-electron chi connectivity index (χ4n) is 2.82. The topological polar surface area (TPSA) is 55.6 Å². The first-order valence-corrected chi connectivity index (χ1v) is 7.85. The maximum Gasteiger partial charge on any atom is 0.331 e. The molecule has 5 heteroatoms. The molecule has 1 aliphatic heterocycles. The van der Waals surface area contributed by atoms with Gasteiger partial charge in [-0.15, -0.1) is 0 Å². The number of methoxy groups -OCH3 is 1. The van der Waals surface area contributed by atoms with Crippen molar-refractivity contribution >= 4 is 17.4 Å². The molecule has 0 N–H and O–H groups in total. The van der Waals surface area contributed by atoms with E-state index in [1.807, 2.05) is 30.3 Å². The van der Waals surface area contributed by atoms with Gasteiger partial charge in [0.05, 0.1) is 13.7 Å². The minimum atomic E-state index is -0.578. The number of benzene rings is 2. The molecule has 2 atom stereocenters. The van der Waals surface area contributed by atoms with E-state index in [1.54, 1.807) is 43.2 Å². The van der Waals surface area contributed by atoms with E-state index in [0.29, 0.717) is 5.56 Å². The molecule has 2 aromatic rings. The normalized spacial score (nSPS) is 18.8. The molecule has 3 rings (SSSR count). The Kier molecular flexibility index (Phi) is 4.51. The van der Waals surface area contributed by atoms with Crippen LogP contribution >= 0.6 is 0 Å². The van der Waals surface area contributed by atoms with Crippen molar-refractivity contribution < 1.29 is 19.1 Å². The van der Waals surface area contributed by atoms with Gasteiger partial charge in [-0.2, -0.15) is 0 Å². The highest BCUT2D eigenvalue weighted by Crippen LogP contribution is 2.38. The maximum atomic E-state index is 12.8. The van der Waals surface area contributed by atoms with E-state index in [2.05, 4.69) is 0 Å². The Bertz CT molecular complexity index is 727. The lowest BCUT2D eigenvalue weighted by Crippen LogP contribution is -2.18. The second kappa shape index (κ2) is 6.74. The Morgan fingerprint density at radius 3 is 2.25 bits per heavy atom. The molecule has 1 aliphatic rings. The van der Waals surface area contributed by atoms with Gasteiger partial charge in [0.2, 0.25) is 0 Å². The number of hydrogen-bond donors (Lipinski definition) is 0. The third-order valence-electron chi connectivity index (χ3n) is 4.03. The molecule has 0 radical (unpaired) electrons. The first-order chi connectivity index (χ1) is 11.7. The summed E-state index contributed by atoms with van der Waals surface area (Å²) in [4.78, 5) is 26.8. The lowest BCUT2D eigenvalue weighted by atomic mass is 10.1. The standard InChI is InChI=1S/C19H19NO4/c1-3-24-19(22)17-16(18(21)13-7-5-4-6-8-13)20(17)14-9-11-15(23-2)12-10-14/h4-12,16-17H,3H2,1-2H3/t16-,17+,20?/m0/s1. The van der Waals surface area contributed by atoms with E-state index in [1.165, 1.54) is 0 Å². The predicted octanol–water partition coefficient (Wildman–Crippen LogP) is 2.70. The number of rotatable bonds is 6. The molecule has 0 saturated carbocycles. The van der Waals surface area contributed by atoms with Gasteiger partial charge >= 0.3 is 5.97 Å². The van der Waals surface area contributed by atoms with E-state index in [4.69, 9.17) is 9.47 Å². The molecule has 5 nitrogen and oxygen atoms in total. The summed E-state index contributed by atoms with van der Waals surface area (Å²) in [5, 5.41) is 0. The average Bonchev–Trinajstić information content (AvgIpc) is 3.38. The van der Waals surface area contributed by atoms with Crippen molar-refractivity contribution in [2.24, 2.45) is 0 Å². The largest absolute Gasteiger partial charge is 0.497 e. The van der Waals surface area contributed by atoms with E-state index >= 15 is 0 Å². The van der Waals surface area contributed by atoms with Crippen molar-refractivity contribution in [3.05, 3.63) is 60.2 Å². The van der Waals surface area contributed by atoms with Crippen LogP contribution in [0.5, 0.6) is 5.75 Å². The lowest BCUT2D eigenvalue weighted by Gasteiger charge is -2.07. The number of ketones is 1. The minimum absolute atomic E-state index is 0.0792. The Morgan fingerprint density at radius 2 is 1.67 bits per heavy atom. The summed E-state index contributed by atoms with van der Waals surface area (Å²) in [5.41, 5.74) is 1.39. The number of carbonyl (C=O) groups is 2. The highest BCUT2D eigenvalue weighted by Gasteiger charge is 2.58. The van der Waals surface area contributed by atoms with Gasteiger partial charge in [-0.25, -0.2) is 4.79 Å². The molecular weight excluding hydrogens is 306 g/mol. The molecule has 1 fully saturated rings. The van der Waals surface area contributed by atoms with Gasteiger partial charge in [0.1, 0.15) is 11.8 Å². The van der Waals surface area contributed by atoms with Crippen LogP contribution in [0.3, 0.4) is 0 Å². The zero-order valence-corrected chi connectivity index (χ0v) is 13.6. The zero-order chi connectivity index (χ0) is 17.1. The monoisotopic (exact) mass is 325 g/mol. The summed E-state index contributed by atoms with van der Waals surface area (Å²) in [7, 11) is 1.59. The number of esters is 1. The van der Waals surface area contributed by atoms with Crippen molar-refractivity contribution in [3.8, 4) is 5.75 Å². The van der Waals surface area contributed by atoms with Gasteiger partial charge < -0.3 is 14.4 Å². The van der Waals surface area contributed by atoms with E-state index in [9.17, 15) is 9.59 Å². The number of nitrogens with zero attached hydrogens (tertiary/aromatic N) is 1. The number of hydrogen-bond acceptors (Lipinski definition) is 5. The Morgan fingerprint density at radius 1 is 1.00 bits per heavy atom. The SMILES string of the molecule is CCOC(=O)[C@H]1[C@@H](C(=O)c2ccccc2)N1c1ccc(OC)cc1. The van der Waals surface area contributed by atoms with Crippen LogP contribution in [-0.4, -0.2) is 37.6 Å². The van der Waals surface area contributed by atoms with Crippen molar-refractivity contribution in [1.82, 2.24) is 0 Å². The third-order valence-corrected chi connectivity index (χ3v) is 4.03. The lowest BCUT2D eigenvalue weighted by molar-refractivity contribution is -0.142. The predicted molar refractivity (Wildman–Crippen MR) is 90.5 cm³/mol. The average molecular weight is 325 g/mol. The molecule has 0 unspecified atom stereocenters. The van der Waals surface area contributed by atoms with Gasteiger partial charge in [-0.1, -0.05) is 30.3 Å². The molecule has 2 aromatic carbocycles. The second-order valence-electron chi connectivity index (χ2n) is 5.48. The molecule has 24 heavy (non-hydrogen) atoms. The van der Waals surface area contributed by atoms with Crippen LogP contribution in [0.2, 0.25) is 0 Å². The second-order valence-corrected chi connectivity index (χ2v) is 5.48. The van der Waals surface area contributed by atoms with Gasteiger partial charge in [0.25, 0.3) is 0 Å². The smallest absolute Gasteiger partial charge is 0.331 e. The third kappa shape index (κ3) is 2.97. The molecule has 124 valence electrons. The first kappa shape index (κ1) is 16.1. The molecule has 1 saturated heterocycles. The van der Waals surface area contributed by atoms with Crippen LogP contribution in [-0.2, 0) is 9.53 Å². The van der Waals surface area contributed by atoms with Crippen LogP contribution in [0, 0.1) is 0 Å². The molecule has 0 bridgehead atoms. The molecule has 1 heterocycles. The van der Waals surface area contributed by atoms with E-state index in [-0.39, 0.29) is 18.4 Å². The van der Waals surface area contributed by atoms with Gasteiger partial charge in [0, 0.05) is 11.3 Å². The van der Waals surface area contributed by atoms with Gasteiger partial charge in [0.15, 0.2) is 11.8 Å². The van der Waals surface area contributed by atoms with Crippen LogP contribution in [0.4, 0.5) is 5.69 Å². The minimum Gasteiger partial charge on any atom is -0.497 e. The number of anilines is 1. The fraction of sp³-hybridized carbons (Fsp3) is 0.263. The number of Topliss-reactive ketones (excluding diaryl/α,β-unsaturated/α-hetero) is 1. The van der Waals surface area contributed by atoms with Crippen molar-refractivity contribution in [3.63, 3.8) is 0 Å². The summed E-state index contributed by atoms with van der Waals surface area (Å²) >= 11 is 0. The van der Waals surface area contributed by atoms with Crippen LogP contribution in [0.15, 0.2) is 54.6 Å². The van der Waals surface area contributed by atoms with E-state index in [0.717, 1.165) is 11.4 Å². The highest BCUT2D eigenvalue weighted by atomic mass is 16.5. The summed E-state index contributed by atoms with van der Waals surface area (Å²) in [6.07, 6.45) is 0. The summed E-state index contributed by atoms with van der Waals surface area (Å²) in [5.74, 6) is 0.270. The Balaban J connectivity index is 1.87. The van der Waals surface area contributed by atoms with Crippen LogP contribution in [0.25, 0.3) is 0 Å². The summed E-state index contributed by atoms with van der Waals surface area (Å²) < 4.78 is 10.3. The van der Waals surface area contributed by atoms with Gasteiger partial charge in [-0.3, -0.25) is 4.79 Å². The van der Waals surface area contributed by atoms with Crippen LogP contribution in [0.1, 0.15) is 17.3 Å². The zero-order valence-electron chi connectivity index (χ0n) is 13.6. The number of ether oxygens (including phenoxy) is 2. The van der Waals surface area contributed by atoms with Crippen molar-refractivity contribution in [2.45, 2.75) is 19.0 Å². The Hall–Kier alpha value is -2.82. The van der Waals surface area contributed by atoms with Crippen molar-refractivity contribution in [1.29, 1.82) is 0 Å². The summed E-state index contributed by atoms with van der Waals surface area (Å²) in [6, 6.07) is 15.2. The molecule has 0 aliphatic carbocycles. The molecular formula is C19H19NO4. The van der Waals surface area contributed by atoms with Crippen molar-refractivity contribution in [2.75, 3.05) is 18.6 Å². The summed E-state index contributed by atoms with van der Waals surface area (Å²) in [6.45, 7) is 2.05. The number of carbonyl (C=O) groups excluding carboxylic acids is 2. The first-order valence-electron chi connectivity index (χ1n) is 7.85. The quantitative estimate of drug-likeness (QED) is 0.464. The molecule has 0 spiro atoms. The molecule has 0 amide bonds. The van der Waals surface area contributed by atoms with Crippen LogP contribution < -0.4 is 9.64 Å². The maximum absolute atomic E-state index is 12.8. The molecule has 0 aromatic heterocycles. The fourth-order valence-corrected chi connectivity index (χ4v) is 2.82. The van der Waals surface area contributed by atoms with Gasteiger partial charge in [-0.05, 0) is 31.2 Å². The van der Waals surface area contributed by atoms with E-state index < -0.39 is 12.1 Å².